The zero-order chi connectivity index (χ0) is 20.5. The van der Waals surface area contributed by atoms with Crippen molar-refractivity contribution < 1.29 is 24.0 Å². The van der Waals surface area contributed by atoms with Gasteiger partial charge in [0, 0.05) is 11.3 Å². The fourth-order valence-corrected chi connectivity index (χ4v) is 2.63. The summed E-state index contributed by atoms with van der Waals surface area (Å²) >= 11 is 0. The molecule has 1 atom stereocenters. The monoisotopic (exact) mass is 385 g/mol. The van der Waals surface area contributed by atoms with Crippen molar-refractivity contribution in [1.82, 2.24) is 0 Å². The number of methoxy groups -OCH3 is 1. The number of nitrogens with two attached hydrogens (primary N) is 1. The van der Waals surface area contributed by atoms with Crippen LogP contribution in [-0.2, 0) is 9.59 Å². The predicted octanol–water partition coefficient (Wildman–Crippen LogP) is 0.276. The Labute approximate surface area is 163 Å². The number of primary amides is 1. The third-order valence-corrected chi connectivity index (χ3v) is 4.16. The van der Waals surface area contributed by atoms with E-state index in [4.69, 9.17) is 10.5 Å². The number of amides is 3. The third kappa shape index (κ3) is 6.10. The van der Waals surface area contributed by atoms with Gasteiger partial charge in [-0.3, -0.25) is 14.4 Å². The standard InChI is InChI=1S/C20H24N4O4/c1-3-24(13-19(26)23-16-6-4-5-7-17(16)28-2)12-18(25)22-15-10-8-14(9-11-15)20(21)27/h4-11H,3,12-13H2,1-2H3,(H2,21,27)(H,22,25)(H,23,26)/p+1. The first-order valence-corrected chi connectivity index (χ1v) is 8.89. The van der Waals surface area contributed by atoms with Gasteiger partial charge in [-0.05, 0) is 43.3 Å². The van der Waals surface area contributed by atoms with Crippen LogP contribution in [0.1, 0.15) is 17.3 Å². The Hall–Kier alpha value is -3.39. The van der Waals surface area contributed by atoms with Gasteiger partial charge in [0.05, 0.1) is 19.3 Å². The van der Waals surface area contributed by atoms with Crippen molar-refractivity contribution in [3.8, 4) is 5.75 Å². The van der Waals surface area contributed by atoms with Crippen LogP contribution in [0.3, 0.4) is 0 Å². The molecule has 5 N–H and O–H groups in total. The van der Waals surface area contributed by atoms with Crippen molar-refractivity contribution in [3.05, 3.63) is 54.1 Å². The first-order chi connectivity index (χ1) is 13.4. The summed E-state index contributed by atoms with van der Waals surface area (Å²) in [6, 6.07) is 13.4. The molecule has 0 saturated heterocycles. The van der Waals surface area contributed by atoms with E-state index in [1.807, 2.05) is 13.0 Å². The fraction of sp³-hybridized carbons (Fsp3) is 0.250. The zero-order valence-corrected chi connectivity index (χ0v) is 16.0. The maximum Gasteiger partial charge on any atom is 0.279 e. The second-order valence-corrected chi connectivity index (χ2v) is 6.20. The minimum atomic E-state index is -0.527. The van der Waals surface area contributed by atoms with Crippen LogP contribution in [0.4, 0.5) is 11.4 Å². The average Bonchev–Trinajstić information content (AvgIpc) is 2.68. The molecule has 148 valence electrons. The van der Waals surface area contributed by atoms with Gasteiger partial charge < -0.3 is 26.0 Å². The van der Waals surface area contributed by atoms with Crippen LogP contribution >= 0.6 is 0 Å². The molecule has 0 aliphatic heterocycles. The Morgan fingerprint density at radius 3 is 2.14 bits per heavy atom. The highest BCUT2D eigenvalue weighted by atomic mass is 16.5. The van der Waals surface area contributed by atoms with E-state index >= 15 is 0 Å². The van der Waals surface area contributed by atoms with Crippen molar-refractivity contribution in [2.75, 3.05) is 37.4 Å². The number of benzene rings is 2. The molecule has 28 heavy (non-hydrogen) atoms. The van der Waals surface area contributed by atoms with Crippen LogP contribution in [0.15, 0.2) is 48.5 Å². The molecule has 2 rings (SSSR count). The summed E-state index contributed by atoms with van der Waals surface area (Å²) < 4.78 is 5.22. The van der Waals surface area contributed by atoms with Gasteiger partial charge in [0.15, 0.2) is 13.1 Å². The van der Waals surface area contributed by atoms with E-state index in [0.29, 0.717) is 29.2 Å². The van der Waals surface area contributed by atoms with Crippen LogP contribution in [0.25, 0.3) is 0 Å². The van der Waals surface area contributed by atoms with E-state index in [1.54, 1.807) is 42.5 Å². The summed E-state index contributed by atoms with van der Waals surface area (Å²) in [5.74, 6) is -0.389. The fourth-order valence-electron chi connectivity index (χ4n) is 2.63. The molecule has 0 fully saturated rings. The highest BCUT2D eigenvalue weighted by molar-refractivity contribution is 5.95. The molecule has 0 spiro atoms. The SMILES string of the molecule is CC[NH+](CC(=O)Nc1ccc(C(N)=O)cc1)CC(=O)Nc1ccccc1OC. The summed E-state index contributed by atoms with van der Waals surface area (Å²) in [6.45, 7) is 2.78. The topological polar surface area (TPSA) is 115 Å². The number of carbonyl (C=O) groups is 3. The molecule has 0 aliphatic rings. The molecule has 0 heterocycles. The molecule has 0 saturated carbocycles. The smallest absolute Gasteiger partial charge is 0.279 e. The summed E-state index contributed by atoms with van der Waals surface area (Å²) in [5.41, 5.74) is 6.71. The van der Waals surface area contributed by atoms with Crippen LogP contribution in [0, 0.1) is 0 Å². The Bertz CT molecular complexity index is 836. The number of carbonyl (C=O) groups excluding carboxylic acids is 3. The van der Waals surface area contributed by atoms with Crippen molar-refractivity contribution in [1.29, 1.82) is 0 Å². The highest BCUT2D eigenvalue weighted by Crippen LogP contribution is 2.22. The molecule has 0 aliphatic carbocycles. The van der Waals surface area contributed by atoms with Gasteiger partial charge in [-0.2, -0.15) is 0 Å². The van der Waals surface area contributed by atoms with Gasteiger partial charge in [0.25, 0.3) is 11.8 Å². The van der Waals surface area contributed by atoms with Crippen LogP contribution in [0.2, 0.25) is 0 Å². The van der Waals surface area contributed by atoms with E-state index in [-0.39, 0.29) is 24.9 Å². The second-order valence-electron chi connectivity index (χ2n) is 6.20. The lowest BCUT2D eigenvalue weighted by atomic mass is 10.2. The van der Waals surface area contributed by atoms with Crippen molar-refractivity contribution >= 4 is 29.1 Å². The number of para-hydroxylation sites is 2. The molecule has 3 amide bonds. The predicted molar refractivity (Wildman–Crippen MR) is 106 cm³/mol. The molecule has 2 aromatic carbocycles. The molecule has 0 aromatic heterocycles. The van der Waals surface area contributed by atoms with Gasteiger partial charge in [-0.1, -0.05) is 12.1 Å². The molecular weight excluding hydrogens is 360 g/mol. The minimum Gasteiger partial charge on any atom is -0.495 e. The summed E-state index contributed by atoms with van der Waals surface area (Å²) in [4.78, 5) is 36.5. The molecule has 0 bridgehead atoms. The number of hydrogen-bond acceptors (Lipinski definition) is 4. The summed E-state index contributed by atoms with van der Waals surface area (Å²) in [6.07, 6.45) is 0. The van der Waals surface area contributed by atoms with Crippen molar-refractivity contribution in [3.63, 3.8) is 0 Å². The molecule has 8 nitrogen and oxygen atoms in total. The maximum atomic E-state index is 12.3. The number of nitrogens with one attached hydrogen (secondary N) is 3. The lowest BCUT2D eigenvalue weighted by Crippen LogP contribution is -3.13. The normalized spacial score (nSPS) is 11.4. The van der Waals surface area contributed by atoms with Crippen LogP contribution < -0.4 is 26.0 Å². The van der Waals surface area contributed by atoms with E-state index in [0.717, 1.165) is 4.90 Å². The Morgan fingerprint density at radius 2 is 1.57 bits per heavy atom. The molecule has 8 heteroatoms. The Kier molecular flexibility index (Phi) is 7.53. The maximum absolute atomic E-state index is 12.3. The van der Waals surface area contributed by atoms with Gasteiger partial charge in [0.1, 0.15) is 5.75 Å². The Morgan fingerprint density at radius 1 is 0.964 bits per heavy atom. The third-order valence-electron chi connectivity index (χ3n) is 4.16. The zero-order valence-electron chi connectivity index (χ0n) is 16.0. The van der Waals surface area contributed by atoms with Gasteiger partial charge in [-0.25, -0.2) is 0 Å². The number of quaternary nitrogens is 1. The first-order valence-electron chi connectivity index (χ1n) is 8.89. The molecular formula is C20H25N4O4+. The summed E-state index contributed by atoms with van der Waals surface area (Å²) in [7, 11) is 1.54. The number of likely N-dealkylation sites (N-methyl/N-ethyl adjacent to an activating group) is 1. The van der Waals surface area contributed by atoms with E-state index in [1.165, 1.54) is 7.11 Å². The molecule has 1 unspecified atom stereocenters. The van der Waals surface area contributed by atoms with Crippen molar-refractivity contribution in [2.45, 2.75) is 6.92 Å². The summed E-state index contributed by atoms with van der Waals surface area (Å²) in [5, 5.41) is 5.56. The molecule has 0 radical (unpaired) electrons. The average molecular weight is 385 g/mol. The number of hydrogen-bond donors (Lipinski definition) is 4. The van der Waals surface area contributed by atoms with E-state index in [2.05, 4.69) is 10.6 Å². The highest BCUT2D eigenvalue weighted by Gasteiger charge is 2.18. The van der Waals surface area contributed by atoms with Gasteiger partial charge in [0.2, 0.25) is 5.91 Å². The van der Waals surface area contributed by atoms with Gasteiger partial charge in [-0.15, -0.1) is 0 Å². The quantitative estimate of drug-likeness (QED) is 0.496. The molecule has 2 aromatic rings. The van der Waals surface area contributed by atoms with E-state index in [9.17, 15) is 14.4 Å². The number of ether oxygens (including phenoxy) is 1. The number of anilines is 2. The minimum absolute atomic E-state index is 0.132. The number of rotatable bonds is 9. The lowest BCUT2D eigenvalue weighted by molar-refractivity contribution is -0.881. The van der Waals surface area contributed by atoms with Crippen LogP contribution in [0.5, 0.6) is 5.75 Å². The largest absolute Gasteiger partial charge is 0.495 e. The van der Waals surface area contributed by atoms with Gasteiger partial charge >= 0.3 is 0 Å². The van der Waals surface area contributed by atoms with Crippen molar-refractivity contribution in [2.24, 2.45) is 5.73 Å². The van der Waals surface area contributed by atoms with E-state index < -0.39 is 5.91 Å². The van der Waals surface area contributed by atoms with Crippen LogP contribution in [-0.4, -0.2) is 44.5 Å². The second kappa shape index (κ2) is 10.1. The Balaban J connectivity index is 1.89. The first kappa shape index (κ1) is 20.9. The lowest BCUT2D eigenvalue weighted by Gasteiger charge is -2.17.